The number of ether oxygens (including phenoxy) is 1. The van der Waals surface area contributed by atoms with Gasteiger partial charge >= 0.3 is 6.09 Å². The lowest BCUT2D eigenvalue weighted by molar-refractivity contribution is 0.0933. The first-order valence-electron chi connectivity index (χ1n) is 8.64. The van der Waals surface area contributed by atoms with Gasteiger partial charge in [0.1, 0.15) is 0 Å². The van der Waals surface area contributed by atoms with E-state index in [1.165, 1.54) is 9.21 Å². The van der Waals surface area contributed by atoms with E-state index in [2.05, 4.69) is 15.5 Å². The van der Waals surface area contributed by atoms with Crippen molar-refractivity contribution in [2.24, 2.45) is 0 Å². The van der Waals surface area contributed by atoms with Crippen LogP contribution in [-0.4, -0.2) is 72.6 Å². The molecule has 0 unspecified atom stereocenters. The number of anilines is 1. The average Bonchev–Trinajstić information content (AvgIpc) is 3.18. The van der Waals surface area contributed by atoms with Gasteiger partial charge in [-0.05, 0) is 19.1 Å². The zero-order valence-corrected chi connectivity index (χ0v) is 17.8. The number of amides is 2. The summed E-state index contributed by atoms with van der Waals surface area (Å²) in [7, 11) is -3.89. The quantitative estimate of drug-likeness (QED) is 0.677. The van der Waals surface area contributed by atoms with Crippen molar-refractivity contribution in [3.8, 4) is 0 Å². The predicted octanol–water partition coefficient (Wildman–Crippen LogP) is 1.91. The molecular weight excluding hydrogens is 442 g/mol. The molecule has 0 bridgehead atoms. The highest BCUT2D eigenvalue weighted by atomic mass is 35.5. The molecule has 2 heterocycles. The Morgan fingerprint density at radius 1 is 1.21 bits per heavy atom. The van der Waals surface area contributed by atoms with Crippen molar-refractivity contribution in [3.05, 3.63) is 34.9 Å². The molecule has 0 atom stereocenters. The van der Waals surface area contributed by atoms with Crippen LogP contribution < -0.4 is 5.32 Å². The maximum absolute atomic E-state index is 12.8. The lowest BCUT2D eigenvalue weighted by Gasteiger charge is -2.32. The monoisotopic (exact) mass is 459 g/mol. The molecule has 0 spiro atoms. The Kier molecular flexibility index (Phi) is 6.67. The third-order valence-electron chi connectivity index (χ3n) is 4.07. The maximum Gasteiger partial charge on any atom is 0.409 e. The first-order valence-corrected chi connectivity index (χ1v) is 11.3. The molecule has 1 fully saturated rings. The molecule has 0 radical (unpaired) electrons. The normalized spacial score (nSPS) is 15.2. The minimum Gasteiger partial charge on any atom is -0.450 e. The van der Waals surface area contributed by atoms with Crippen LogP contribution in [0.5, 0.6) is 0 Å². The molecule has 2 aromatic rings. The van der Waals surface area contributed by atoms with Gasteiger partial charge in [-0.1, -0.05) is 35.1 Å². The van der Waals surface area contributed by atoms with E-state index in [4.69, 9.17) is 16.3 Å². The first-order chi connectivity index (χ1) is 13.8. The van der Waals surface area contributed by atoms with Crippen molar-refractivity contribution in [1.82, 2.24) is 19.4 Å². The van der Waals surface area contributed by atoms with Crippen LogP contribution in [0, 0.1) is 0 Å². The number of nitrogens with zero attached hydrogens (tertiary/aromatic N) is 4. The summed E-state index contributed by atoms with van der Waals surface area (Å²) in [6.07, 6.45) is -0.468. The maximum atomic E-state index is 12.8. The second kappa shape index (κ2) is 9.03. The first kappa shape index (κ1) is 21.4. The van der Waals surface area contributed by atoms with Gasteiger partial charge in [0.05, 0.1) is 17.2 Å². The van der Waals surface area contributed by atoms with E-state index >= 15 is 0 Å². The fourth-order valence-corrected chi connectivity index (χ4v) is 5.29. The number of benzene rings is 1. The van der Waals surface area contributed by atoms with Gasteiger partial charge < -0.3 is 9.64 Å². The van der Waals surface area contributed by atoms with E-state index in [9.17, 15) is 18.0 Å². The van der Waals surface area contributed by atoms with E-state index in [1.807, 2.05) is 0 Å². The van der Waals surface area contributed by atoms with Crippen LogP contribution in [0.15, 0.2) is 28.6 Å². The Hall–Kier alpha value is -2.28. The number of aromatic nitrogens is 2. The zero-order chi connectivity index (χ0) is 21.0. The molecule has 0 aliphatic carbocycles. The van der Waals surface area contributed by atoms with Crippen molar-refractivity contribution in [3.63, 3.8) is 0 Å². The van der Waals surface area contributed by atoms with Gasteiger partial charge in [0.2, 0.25) is 9.47 Å². The molecule has 1 aromatic heterocycles. The molecule has 1 aromatic carbocycles. The number of sulfonamides is 1. The van der Waals surface area contributed by atoms with E-state index in [-0.39, 0.29) is 52.8 Å². The Morgan fingerprint density at radius 2 is 1.90 bits per heavy atom. The van der Waals surface area contributed by atoms with Crippen LogP contribution in [0.1, 0.15) is 17.3 Å². The van der Waals surface area contributed by atoms with Crippen LogP contribution in [0.3, 0.4) is 0 Å². The van der Waals surface area contributed by atoms with Crippen LogP contribution in [0.25, 0.3) is 0 Å². The summed E-state index contributed by atoms with van der Waals surface area (Å²) in [6.45, 7) is 2.62. The van der Waals surface area contributed by atoms with Crippen molar-refractivity contribution < 1.29 is 22.7 Å². The number of carbonyl (C=O) groups excluding carboxylic acids is 2. The number of hydrogen-bond acceptors (Lipinski definition) is 8. The van der Waals surface area contributed by atoms with Crippen molar-refractivity contribution in [1.29, 1.82) is 0 Å². The lowest BCUT2D eigenvalue weighted by atomic mass is 10.2. The Bertz CT molecular complexity index is 1000. The average molecular weight is 460 g/mol. The van der Waals surface area contributed by atoms with Gasteiger partial charge in [-0.25, -0.2) is 13.2 Å². The molecule has 0 saturated carbocycles. The van der Waals surface area contributed by atoms with E-state index < -0.39 is 22.0 Å². The van der Waals surface area contributed by atoms with E-state index in [0.717, 1.165) is 11.3 Å². The molecule has 1 aliphatic heterocycles. The smallest absolute Gasteiger partial charge is 0.409 e. The minimum absolute atomic E-state index is 0.0404. The van der Waals surface area contributed by atoms with Gasteiger partial charge in [-0.2, -0.15) is 4.31 Å². The van der Waals surface area contributed by atoms with E-state index in [0.29, 0.717) is 0 Å². The topological polar surface area (TPSA) is 122 Å². The van der Waals surface area contributed by atoms with Crippen LogP contribution in [0.2, 0.25) is 5.02 Å². The van der Waals surface area contributed by atoms with Gasteiger partial charge in [0.15, 0.2) is 0 Å². The summed E-state index contributed by atoms with van der Waals surface area (Å²) in [5.41, 5.74) is 0.240. The second-order valence-corrected chi connectivity index (χ2v) is 9.39. The highest BCUT2D eigenvalue weighted by molar-refractivity contribution is 7.91. The largest absolute Gasteiger partial charge is 0.450 e. The number of halogens is 1. The lowest BCUT2D eigenvalue weighted by Crippen LogP contribution is -2.50. The summed E-state index contributed by atoms with van der Waals surface area (Å²) < 4.78 is 31.5. The molecule has 3 rings (SSSR count). The fourth-order valence-electron chi connectivity index (χ4n) is 2.61. The predicted molar refractivity (Wildman–Crippen MR) is 107 cm³/mol. The summed E-state index contributed by atoms with van der Waals surface area (Å²) in [4.78, 5) is 25.5. The molecule has 10 nitrogen and oxygen atoms in total. The van der Waals surface area contributed by atoms with Crippen molar-refractivity contribution >= 4 is 50.1 Å². The third-order valence-corrected chi connectivity index (χ3v) is 7.48. The Balaban J connectivity index is 1.66. The molecule has 1 aliphatic rings. The third kappa shape index (κ3) is 4.83. The Labute approximate surface area is 176 Å². The van der Waals surface area contributed by atoms with Crippen LogP contribution >= 0.6 is 22.9 Å². The summed E-state index contributed by atoms with van der Waals surface area (Å²) in [6, 6.07) is 6.46. The number of carbonyl (C=O) groups is 2. The highest BCUT2D eigenvalue weighted by Gasteiger charge is 2.33. The highest BCUT2D eigenvalue weighted by Crippen LogP contribution is 2.25. The zero-order valence-electron chi connectivity index (χ0n) is 15.4. The number of rotatable bonds is 5. The number of hydrogen-bond donors (Lipinski definition) is 1. The summed E-state index contributed by atoms with van der Waals surface area (Å²) >= 11 is 6.73. The van der Waals surface area contributed by atoms with Crippen LogP contribution in [0.4, 0.5) is 9.93 Å². The van der Waals surface area contributed by atoms with Gasteiger partial charge in [0.25, 0.3) is 15.9 Å². The molecule has 29 heavy (non-hydrogen) atoms. The second-order valence-electron chi connectivity index (χ2n) is 5.90. The fraction of sp³-hybridized carbons (Fsp3) is 0.375. The standard InChI is InChI=1S/C16H18ClN5O5S2/c1-2-27-16(24)21-7-9-22(10-8-21)29(25,26)15-20-19-14(28-15)18-13(23)11-5-3-4-6-12(11)17/h3-6H,2,7-10H2,1H3,(H,18,19,23). The summed E-state index contributed by atoms with van der Waals surface area (Å²) in [5, 5.41) is 10.3. The molecular formula is C16H18ClN5O5S2. The molecule has 13 heteroatoms. The molecule has 1 saturated heterocycles. The van der Waals surface area contributed by atoms with Crippen molar-refractivity contribution in [2.75, 3.05) is 38.1 Å². The van der Waals surface area contributed by atoms with Gasteiger partial charge in [-0.15, -0.1) is 10.2 Å². The SMILES string of the molecule is CCOC(=O)N1CCN(S(=O)(=O)c2nnc(NC(=O)c3ccccc3Cl)s2)CC1. The van der Waals surface area contributed by atoms with E-state index in [1.54, 1.807) is 31.2 Å². The van der Waals surface area contributed by atoms with Crippen LogP contribution in [-0.2, 0) is 14.8 Å². The summed E-state index contributed by atoms with van der Waals surface area (Å²) in [5.74, 6) is -0.515. The molecule has 1 N–H and O–H groups in total. The molecule has 2 amide bonds. The number of piperazine rings is 1. The molecule has 156 valence electrons. The minimum atomic E-state index is -3.89. The van der Waals surface area contributed by atoms with Gasteiger partial charge in [0, 0.05) is 26.2 Å². The van der Waals surface area contributed by atoms with Gasteiger partial charge in [-0.3, -0.25) is 10.1 Å². The Morgan fingerprint density at radius 3 is 2.55 bits per heavy atom. The number of nitrogens with one attached hydrogen (secondary N) is 1. The van der Waals surface area contributed by atoms with Crippen molar-refractivity contribution in [2.45, 2.75) is 11.3 Å².